The summed E-state index contributed by atoms with van der Waals surface area (Å²) in [6.45, 7) is 5.72. The van der Waals surface area contributed by atoms with E-state index in [2.05, 4.69) is 0 Å². The van der Waals surface area contributed by atoms with Gasteiger partial charge in [0.2, 0.25) is 11.8 Å². The maximum atomic E-state index is 14.9. The average molecular weight is 544 g/mol. The number of carbonyl (C=O) groups excluding carboxylic acids is 3. The van der Waals surface area contributed by atoms with Crippen LogP contribution in [0.1, 0.15) is 57.1 Å². The van der Waals surface area contributed by atoms with E-state index in [1.54, 1.807) is 25.7 Å². The van der Waals surface area contributed by atoms with Gasteiger partial charge >= 0.3 is 6.09 Å². The third kappa shape index (κ3) is 7.25. The number of rotatable bonds is 8. The molecule has 2 fully saturated rings. The zero-order valence-corrected chi connectivity index (χ0v) is 22.5. The van der Waals surface area contributed by atoms with E-state index in [0.29, 0.717) is 37.9 Å². The lowest BCUT2D eigenvalue weighted by Crippen LogP contribution is -2.48. The third-order valence-corrected chi connectivity index (χ3v) is 7.00. The van der Waals surface area contributed by atoms with E-state index in [1.165, 1.54) is 11.0 Å². The first-order chi connectivity index (χ1) is 18.4. The number of nitrogens with zero attached hydrogens (tertiary/aromatic N) is 2. The van der Waals surface area contributed by atoms with E-state index >= 15 is 0 Å². The summed E-state index contributed by atoms with van der Waals surface area (Å²) in [7, 11) is 0. The summed E-state index contributed by atoms with van der Waals surface area (Å²) in [6.07, 6.45) is 0.633. The molecule has 1 aliphatic carbocycles. The van der Waals surface area contributed by atoms with Gasteiger partial charge in [0, 0.05) is 42.6 Å². The van der Waals surface area contributed by atoms with E-state index in [1.807, 2.05) is 30.3 Å². The SMILES string of the molecule is CC(C)(C)OC(=O)N(CC(=O)N1CCC(C(N)=O)CC1)[C@@H]1C[C@H]1c1cc(F)cc(F)c1OCc1ccccc1. The highest BCUT2D eigenvalue weighted by molar-refractivity contribution is 5.83. The Morgan fingerprint density at radius 3 is 2.36 bits per heavy atom. The molecule has 1 aliphatic heterocycles. The molecule has 0 spiro atoms. The Morgan fingerprint density at radius 2 is 1.74 bits per heavy atom. The molecular formula is C29H35F2N3O5. The monoisotopic (exact) mass is 543 g/mol. The zero-order chi connectivity index (χ0) is 28.3. The largest absolute Gasteiger partial charge is 0.486 e. The number of benzene rings is 2. The number of ether oxygens (including phenoxy) is 2. The Morgan fingerprint density at radius 1 is 1.08 bits per heavy atom. The van der Waals surface area contributed by atoms with E-state index in [-0.39, 0.29) is 36.6 Å². The molecule has 1 saturated heterocycles. The normalized spacial score (nSPS) is 19.4. The van der Waals surface area contributed by atoms with Gasteiger partial charge in [0.1, 0.15) is 24.6 Å². The first-order valence-corrected chi connectivity index (χ1v) is 13.2. The van der Waals surface area contributed by atoms with Crippen LogP contribution in [0.2, 0.25) is 0 Å². The summed E-state index contributed by atoms with van der Waals surface area (Å²) in [5.41, 5.74) is 5.71. The Bertz CT molecular complexity index is 1210. The molecule has 210 valence electrons. The summed E-state index contributed by atoms with van der Waals surface area (Å²) in [5.74, 6) is -3.05. The number of hydrogen-bond acceptors (Lipinski definition) is 5. The van der Waals surface area contributed by atoms with Crippen molar-refractivity contribution in [3.8, 4) is 5.75 Å². The van der Waals surface area contributed by atoms with Gasteiger partial charge in [0.25, 0.3) is 0 Å². The van der Waals surface area contributed by atoms with Crippen LogP contribution < -0.4 is 10.5 Å². The number of primary amides is 1. The van der Waals surface area contributed by atoms with Crippen LogP contribution in [0.3, 0.4) is 0 Å². The minimum Gasteiger partial charge on any atom is -0.486 e. The van der Waals surface area contributed by atoms with Crippen molar-refractivity contribution < 1.29 is 32.6 Å². The molecular weight excluding hydrogens is 508 g/mol. The molecule has 2 aliphatic rings. The van der Waals surface area contributed by atoms with Crippen molar-refractivity contribution in [3.05, 3.63) is 65.2 Å². The van der Waals surface area contributed by atoms with Gasteiger partial charge in [-0.3, -0.25) is 14.5 Å². The summed E-state index contributed by atoms with van der Waals surface area (Å²) in [4.78, 5) is 40.8. The standard InChI is InChI=1S/C29H35F2N3O5/c1-29(2,3)39-28(37)34(16-25(35)33-11-9-19(10-12-33)27(32)36)24-15-21(24)22-13-20(30)14-23(31)26(22)38-17-18-7-5-4-6-8-18/h4-8,13-14,19,21,24H,9-12,15-17H2,1-3H3,(H2,32,36)/t21-,24+/m0/s1. The van der Waals surface area contributed by atoms with E-state index in [0.717, 1.165) is 11.6 Å². The van der Waals surface area contributed by atoms with E-state index in [4.69, 9.17) is 15.2 Å². The van der Waals surface area contributed by atoms with Crippen LogP contribution in [0, 0.1) is 17.6 Å². The molecule has 39 heavy (non-hydrogen) atoms. The Hall–Kier alpha value is -3.69. The van der Waals surface area contributed by atoms with Gasteiger partial charge in [-0.25, -0.2) is 13.6 Å². The van der Waals surface area contributed by atoms with E-state index < -0.39 is 35.3 Å². The van der Waals surface area contributed by atoms with Crippen LogP contribution in [-0.2, 0) is 20.9 Å². The number of likely N-dealkylation sites (tertiary alicyclic amines) is 1. The lowest BCUT2D eigenvalue weighted by atomic mass is 9.96. The van der Waals surface area contributed by atoms with Gasteiger partial charge in [-0.2, -0.15) is 0 Å². The fraction of sp³-hybridized carbons (Fsp3) is 0.483. The molecule has 10 heteroatoms. The van der Waals surface area contributed by atoms with E-state index in [9.17, 15) is 23.2 Å². The molecule has 2 aromatic carbocycles. The van der Waals surface area contributed by atoms with Crippen LogP contribution in [0.4, 0.5) is 13.6 Å². The molecule has 0 bridgehead atoms. The Kier molecular flexibility index (Phi) is 8.42. The lowest BCUT2D eigenvalue weighted by molar-refractivity contribution is -0.136. The molecule has 1 saturated carbocycles. The van der Waals surface area contributed by atoms with Crippen molar-refractivity contribution in [2.24, 2.45) is 11.7 Å². The van der Waals surface area contributed by atoms with Crippen molar-refractivity contribution >= 4 is 17.9 Å². The average Bonchev–Trinajstić information content (AvgIpc) is 3.66. The quantitative estimate of drug-likeness (QED) is 0.533. The molecule has 3 amide bonds. The number of hydrogen-bond donors (Lipinski definition) is 1. The molecule has 1 heterocycles. The first-order valence-electron chi connectivity index (χ1n) is 13.2. The molecule has 2 N–H and O–H groups in total. The minimum atomic E-state index is -0.830. The Balaban J connectivity index is 1.52. The maximum absolute atomic E-state index is 14.9. The molecule has 8 nitrogen and oxygen atoms in total. The molecule has 0 radical (unpaired) electrons. The second-order valence-corrected chi connectivity index (χ2v) is 11.2. The second kappa shape index (κ2) is 11.6. The summed E-state index contributed by atoms with van der Waals surface area (Å²) in [6, 6.07) is 10.7. The predicted molar refractivity (Wildman–Crippen MR) is 140 cm³/mol. The molecule has 2 aromatic rings. The van der Waals surface area contributed by atoms with Gasteiger partial charge in [-0.1, -0.05) is 30.3 Å². The highest BCUT2D eigenvalue weighted by Gasteiger charge is 2.49. The minimum absolute atomic E-state index is 0.0725. The highest BCUT2D eigenvalue weighted by Crippen LogP contribution is 2.49. The summed E-state index contributed by atoms with van der Waals surface area (Å²) in [5, 5.41) is 0. The van der Waals surface area contributed by atoms with Crippen molar-refractivity contribution in [1.29, 1.82) is 0 Å². The first kappa shape index (κ1) is 28.3. The third-order valence-electron chi connectivity index (χ3n) is 7.00. The van der Waals surface area contributed by atoms with Crippen molar-refractivity contribution in [1.82, 2.24) is 9.80 Å². The maximum Gasteiger partial charge on any atom is 0.411 e. The number of halogens is 2. The fourth-order valence-corrected chi connectivity index (χ4v) is 4.89. The number of nitrogens with two attached hydrogens (primary N) is 1. The topological polar surface area (TPSA) is 102 Å². The van der Waals surface area contributed by atoms with Gasteiger partial charge in [-0.05, 0) is 51.7 Å². The molecule has 0 aromatic heterocycles. The van der Waals surface area contributed by atoms with Crippen molar-refractivity contribution in [2.75, 3.05) is 19.6 Å². The van der Waals surface area contributed by atoms with Crippen molar-refractivity contribution in [3.63, 3.8) is 0 Å². The summed E-state index contributed by atoms with van der Waals surface area (Å²) >= 11 is 0. The van der Waals surface area contributed by atoms with Gasteiger partial charge in [-0.15, -0.1) is 0 Å². The second-order valence-electron chi connectivity index (χ2n) is 11.2. The zero-order valence-electron chi connectivity index (χ0n) is 22.5. The van der Waals surface area contributed by atoms with Crippen LogP contribution in [-0.4, -0.2) is 59.0 Å². The van der Waals surface area contributed by atoms with Crippen molar-refractivity contribution in [2.45, 2.75) is 64.2 Å². The van der Waals surface area contributed by atoms with Gasteiger partial charge in [0.05, 0.1) is 0 Å². The van der Waals surface area contributed by atoms with Crippen LogP contribution in [0.15, 0.2) is 42.5 Å². The smallest absolute Gasteiger partial charge is 0.411 e. The molecule has 4 rings (SSSR count). The number of piperidine rings is 1. The molecule has 0 unspecified atom stereocenters. The highest BCUT2D eigenvalue weighted by atomic mass is 19.1. The lowest BCUT2D eigenvalue weighted by Gasteiger charge is -2.33. The van der Waals surface area contributed by atoms with Gasteiger partial charge in [0.15, 0.2) is 11.6 Å². The molecule has 2 atom stereocenters. The predicted octanol–water partition coefficient (Wildman–Crippen LogP) is 4.36. The van der Waals surface area contributed by atoms with Gasteiger partial charge < -0.3 is 20.1 Å². The number of carbonyl (C=O) groups is 3. The van der Waals surface area contributed by atoms with Crippen LogP contribution >= 0.6 is 0 Å². The van der Waals surface area contributed by atoms with Crippen LogP contribution in [0.5, 0.6) is 5.75 Å². The van der Waals surface area contributed by atoms with Crippen LogP contribution in [0.25, 0.3) is 0 Å². The number of amides is 3. The fourth-order valence-electron chi connectivity index (χ4n) is 4.89. The Labute approximate surface area is 227 Å². The summed E-state index contributed by atoms with van der Waals surface area (Å²) < 4.78 is 40.6.